The maximum absolute atomic E-state index is 5.08. The van der Waals surface area contributed by atoms with E-state index in [2.05, 4.69) is 27.7 Å². The number of hydrogen-bond acceptors (Lipinski definition) is 4. The molecule has 0 unspecified atom stereocenters. The molecule has 2 aromatic heterocycles. The van der Waals surface area contributed by atoms with Crippen LogP contribution in [0, 0.1) is 6.92 Å². The summed E-state index contributed by atoms with van der Waals surface area (Å²) in [5, 5.41) is 11.6. The first kappa shape index (κ1) is 12.5. The first-order valence-corrected chi connectivity index (χ1v) is 6.47. The van der Waals surface area contributed by atoms with E-state index in [0.717, 1.165) is 29.4 Å². The van der Waals surface area contributed by atoms with Gasteiger partial charge in [0.15, 0.2) is 0 Å². The molecule has 3 rings (SSSR count). The zero-order chi connectivity index (χ0) is 13.9. The number of nitrogens with one attached hydrogen (secondary N) is 1. The third-order valence-corrected chi connectivity index (χ3v) is 3.06. The minimum absolute atomic E-state index is 0.745. The second-order valence-corrected chi connectivity index (χ2v) is 4.75. The van der Waals surface area contributed by atoms with Crippen LogP contribution in [-0.2, 0) is 13.6 Å². The van der Waals surface area contributed by atoms with Gasteiger partial charge in [-0.2, -0.15) is 5.10 Å². The van der Waals surface area contributed by atoms with Crippen LogP contribution < -0.4 is 5.32 Å². The topological polar surface area (TPSA) is 55.9 Å². The van der Waals surface area contributed by atoms with Crippen molar-refractivity contribution in [1.82, 2.24) is 14.9 Å². The number of rotatable bonds is 4. The van der Waals surface area contributed by atoms with Gasteiger partial charge in [0.05, 0.1) is 0 Å². The van der Waals surface area contributed by atoms with Crippen LogP contribution >= 0.6 is 0 Å². The van der Waals surface area contributed by atoms with E-state index in [4.69, 9.17) is 4.52 Å². The fourth-order valence-corrected chi connectivity index (χ4v) is 2.00. The fraction of sp³-hybridized carbons (Fsp3) is 0.200. The normalized spacial score (nSPS) is 10.7. The monoisotopic (exact) mass is 268 g/mol. The molecular formula is C15H16N4O. The first-order valence-electron chi connectivity index (χ1n) is 6.47. The summed E-state index contributed by atoms with van der Waals surface area (Å²) in [6.45, 7) is 2.64. The van der Waals surface area contributed by atoms with Gasteiger partial charge in [0.2, 0.25) is 0 Å². The van der Waals surface area contributed by atoms with Gasteiger partial charge in [0.1, 0.15) is 17.3 Å². The number of hydrogen-bond donors (Lipinski definition) is 1. The summed E-state index contributed by atoms with van der Waals surface area (Å²) < 4.78 is 6.86. The molecule has 3 aromatic rings. The number of anilines is 1. The summed E-state index contributed by atoms with van der Waals surface area (Å²) >= 11 is 0. The van der Waals surface area contributed by atoms with Crippen LogP contribution in [0.25, 0.3) is 11.3 Å². The number of nitrogens with zero attached hydrogens (tertiary/aromatic N) is 3. The van der Waals surface area contributed by atoms with Crippen molar-refractivity contribution in [3.63, 3.8) is 0 Å². The molecule has 5 nitrogen and oxygen atoms in total. The quantitative estimate of drug-likeness (QED) is 0.790. The lowest BCUT2D eigenvalue weighted by Gasteiger charge is -2.04. The number of aryl methyl sites for hydroxylation is 2. The van der Waals surface area contributed by atoms with Crippen molar-refractivity contribution in [2.45, 2.75) is 13.5 Å². The summed E-state index contributed by atoms with van der Waals surface area (Å²) in [4.78, 5) is 0. The molecule has 0 fully saturated rings. The molecule has 0 saturated heterocycles. The largest absolute Gasteiger partial charge is 0.365 e. The first-order chi connectivity index (χ1) is 9.70. The fourth-order valence-electron chi connectivity index (χ4n) is 2.00. The van der Waals surface area contributed by atoms with Gasteiger partial charge in [-0.05, 0) is 12.5 Å². The van der Waals surface area contributed by atoms with Crippen LogP contribution in [0.15, 0.2) is 47.1 Å². The predicted octanol–water partition coefficient (Wildman–Crippen LogP) is 3.00. The van der Waals surface area contributed by atoms with Gasteiger partial charge in [-0.1, -0.05) is 29.4 Å². The van der Waals surface area contributed by atoms with E-state index < -0.39 is 0 Å². The van der Waals surface area contributed by atoms with Crippen molar-refractivity contribution < 1.29 is 4.52 Å². The molecule has 0 bridgehead atoms. The highest BCUT2D eigenvalue weighted by Gasteiger charge is 2.03. The third kappa shape index (κ3) is 2.71. The van der Waals surface area contributed by atoms with E-state index in [0.29, 0.717) is 0 Å². The van der Waals surface area contributed by atoms with Crippen LogP contribution in [0.5, 0.6) is 0 Å². The third-order valence-electron chi connectivity index (χ3n) is 3.06. The van der Waals surface area contributed by atoms with Gasteiger partial charge < -0.3 is 9.84 Å². The lowest BCUT2D eigenvalue weighted by Crippen LogP contribution is -2.00. The Hall–Kier alpha value is -2.56. The Kier molecular flexibility index (Phi) is 3.25. The minimum Gasteiger partial charge on any atom is -0.365 e. The highest BCUT2D eigenvalue weighted by Crippen LogP contribution is 2.19. The van der Waals surface area contributed by atoms with E-state index in [9.17, 15) is 0 Å². The van der Waals surface area contributed by atoms with E-state index in [1.54, 1.807) is 4.68 Å². The minimum atomic E-state index is 0.745. The average Bonchev–Trinajstić information content (AvgIpc) is 3.06. The Balaban J connectivity index is 1.67. The van der Waals surface area contributed by atoms with Crippen LogP contribution in [0.1, 0.15) is 11.3 Å². The van der Waals surface area contributed by atoms with Crippen molar-refractivity contribution in [2.75, 3.05) is 5.32 Å². The van der Waals surface area contributed by atoms with Gasteiger partial charge >= 0.3 is 0 Å². The molecule has 102 valence electrons. The second-order valence-electron chi connectivity index (χ2n) is 4.75. The SMILES string of the molecule is Cc1cc(-c2ccc(CNc3ccn(C)n3)cc2)no1. The lowest BCUT2D eigenvalue weighted by atomic mass is 10.1. The summed E-state index contributed by atoms with van der Waals surface area (Å²) in [7, 11) is 1.90. The van der Waals surface area contributed by atoms with E-state index in [1.165, 1.54) is 5.56 Å². The Morgan fingerprint density at radius 2 is 2.00 bits per heavy atom. The maximum atomic E-state index is 5.08. The zero-order valence-electron chi connectivity index (χ0n) is 11.5. The number of aromatic nitrogens is 3. The van der Waals surface area contributed by atoms with Gasteiger partial charge in [-0.3, -0.25) is 4.68 Å². The van der Waals surface area contributed by atoms with Crippen LogP contribution in [-0.4, -0.2) is 14.9 Å². The molecule has 0 amide bonds. The van der Waals surface area contributed by atoms with E-state index in [1.807, 2.05) is 44.4 Å². The van der Waals surface area contributed by atoms with Crippen molar-refractivity contribution in [2.24, 2.45) is 7.05 Å². The predicted molar refractivity (Wildman–Crippen MR) is 77.2 cm³/mol. The molecular weight excluding hydrogens is 252 g/mol. The van der Waals surface area contributed by atoms with Crippen LogP contribution in [0.2, 0.25) is 0 Å². The Morgan fingerprint density at radius 1 is 1.20 bits per heavy atom. The molecule has 0 aliphatic heterocycles. The Labute approximate surface area is 117 Å². The molecule has 1 aromatic carbocycles. The Bertz CT molecular complexity index is 697. The summed E-state index contributed by atoms with van der Waals surface area (Å²) in [6.07, 6.45) is 1.92. The summed E-state index contributed by atoms with van der Waals surface area (Å²) in [5.74, 6) is 1.70. The van der Waals surface area contributed by atoms with Crippen molar-refractivity contribution in [3.05, 3.63) is 53.9 Å². The van der Waals surface area contributed by atoms with Gasteiger partial charge in [-0.25, -0.2) is 0 Å². The standard InChI is InChI=1S/C15H16N4O/c1-11-9-14(18-20-11)13-5-3-12(4-6-13)10-16-15-7-8-19(2)17-15/h3-9H,10H2,1-2H3,(H,16,17). The maximum Gasteiger partial charge on any atom is 0.148 e. The smallest absolute Gasteiger partial charge is 0.148 e. The molecule has 1 N–H and O–H groups in total. The van der Waals surface area contributed by atoms with Gasteiger partial charge in [-0.15, -0.1) is 0 Å². The second kappa shape index (κ2) is 5.21. The zero-order valence-corrected chi connectivity index (χ0v) is 11.5. The van der Waals surface area contributed by atoms with Gasteiger partial charge in [0.25, 0.3) is 0 Å². The molecule has 0 radical (unpaired) electrons. The van der Waals surface area contributed by atoms with E-state index in [-0.39, 0.29) is 0 Å². The molecule has 0 aliphatic carbocycles. The van der Waals surface area contributed by atoms with E-state index >= 15 is 0 Å². The highest BCUT2D eigenvalue weighted by molar-refractivity contribution is 5.59. The van der Waals surface area contributed by atoms with Gasteiger partial charge in [0, 0.05) is 37.5 Å². The van der Waals surface area contributed by atoms with Crippen molar-refractivity contribution >= 4 is 5.82 Å². The molecule has 20 heavy (non-hydrogen) atoms. The molecule has 5 heteroatoms. The highest BCUT2D eigenvalue weighted by atomic mass is 16.5. The molecule has 0 aliphatic rings. The average molecular weight is 268 g/mol. The van der Waals surface area contributed by atoms with Crippen molar-refractivity contribution in [3.8, 4) is 11.3 Å². The van der Waals surface area contributed by atoms with Crippen LogP contribution in [0.3, 0.4) is 0 Å². The summed E-state index contributed by atoms with van der Waals surface area (Å²) in [6, 6.07) is 12.1. The molecule has 0 atom stereocenters. The summed E-state index contributed by atoms with van der Waals surface area (Å²) in [5.41, 5.74) is 3.12. The molecule has 2 heterocycles. The lowest BCUT2D eigenvalue weighted by molar-refractivity contribution is 0.399. The molecule has 0 spiro atoms. The Morgan fingerprint density at radius 3 is 2.60 bits per heavy atom. The van der Waals surface area contributed by atoms with Crippen LogP contribution in [0.4, 0.5) is 5.82 Å². The number of benzene rings is 1. The molecule has 0 saturated carbocycles. The van der Waals surface area contributed by atoms with Crippen molar-refractivity contribution in [1.29, 1.82) is 0 Å².